The number of hydrogen-bond donors (Lipinski definition) is 2. The van der Waals surface area contributed by atoms with E-state index in [4.69, 9.17) is 48.4 Å². The molecular formula is C41H47N3O13. The van der Waals surface area contributed by atoms with Crippen LogP contribution in [0.2, 0.25) is 0 Å². The summed E-state index contributed by atoms with van der Waals surface area (Å²) >= 11 is 0. The molecule has 16 heteroatoms. The van der Waals surface area contributed by atoms with Crippen molar-refractivity contribution in [3.05, 3.63) is 76.3 Å². The first-order chi connectivity index (χ1) is 27.2. The number of ether oxygens (including phenoxy) is 9. The molecule has 57 heavy (non-hydrogen) atoms. The van der Waals surface area contributed by atoms with Gasteiger partial charge in [0.05, 0.1) is 75.9 Å². The highest BCUT2D eigenvalue weighted by molar-refractivity contribution is 5.96. The summed E-state index contributed by atoms with van der Waals surface area (Å²) in [5.41, 5.74) is 6.58. The Morgan fingerprint density at radius 2 is 1.46 bits per heavy atom. The van der Waals surface area contributed by atoms with Gasteiger partial charge in [0.1, 0.15) is 17.1 Å². The van der Waals surface area contributed by atoms with Gasteiger partial charge in [0, 0.05) is 36.5 Å². The topological polar surface area (TPSA) is 213 Å². The third-order valence-electron chi connectivity index (χ3n) is 7.72. The van der Waals surface area contributed by atoms with Crippen LogP contribution in [0.3, 0.4) is 0 Å². The maximum absolute atomic E-state index is 13.3. The number of benzene rings is 3. The Labute approximate surface area is 331 Å². The summed E-state index contributed by atoms with van der Waals surface area (Å²) in [6, 6.07) is 14.1. The second kappa shape index (κ2) is 22.4. The van der Waals surface area contributed by atoms with Crippen LogP contribution in [0.5, 0.6) is 11.5 Å². The summed E-state index contributed by atoms with van der Waals surface area (Å²) in [5.74, 6) is 2.94. The minimum atomic E-state index is -1.21. The Morgan fingerprint density at radius 1 is 0.789 bits per heavy atom. The summed E-state index contributed by atoms with van der Waals surface area (Å²) in [5, 5.41) is 12.4. The fourth-order valence-electron chi connectivity index (χ4n) is 5.03. The fourth-order valence-corrected chi connectivity index (χ4v) is 5.03. The lowest BCUT2D eigenvalue weighted by Gasteiger charge is -2.21. The molecular weight excluding hydrogens is 742 g/mol. The van der Waals surface area contributed by atoms with Gasteiger partial charge in [0.2, 0.25) is 5.91 Å². The van der Waals surface area contributed by atoms with Crippen LogP contribution in [-0.4, -0.2) is 98.0 Å². The van der Waals surface area contributed by atoms with Crippen LogP contribution in [0.4, 0.5) is 10.5 Å². The number of nitrogens with two attached hydrogens (primary N) is 1. The molecule has 0 aliphatic rings. The Kier molecular flexibility index (Phi) is 17.8. The minimum absolute atomic E-state index is 0.0928. The van der Waals surface area contributed by atoms with Crippen LogP contribution in [0.15, 0.2) is 48.5 Å². The maximum atomic E-state index is 13.3. The van der Waals surface area contributed by atoms with E-state index in [1.54, 1.807) is 26.8 Å². The zero-order valence-corrected chi connectivity index (χ0v) is 33.0. The molecule has 0 spiro atoms. The molecule has 0 bridgehead atoms. The largest absolute Gasteiger partial charge is 0.469 e. The molecule has 0 saturated carbocycles. The highest BCUT2D eigenvalue weighted by Crippen LogP contribution is 2.42. The van der Waals surface area contributed by atoms with Gasteiger partial charge in [-0.2, -0.15) is 5.26 Å². The van der Waals surface area contributed by atoms with Crippen molar-refractivity contribution in [3.8, 4) is 40.5 Å². The number of hydrogen-bond acceptors (Lipinski definition) is 14. The van der Waals surface area contributed by atoms with Gasteiger partial charge in [-0.25, -0.2) is 4.79 Å². The van der Waals surface area contributed by atoms with Gasteiger partial charge in [0.25, 0.3) is 0 Å². The van der Waals surface area contributed by atoms with E-state index in [9.17, 15) is 24.4 Å². The van der Waals surface area contributed by atoms with Gasteiger partial charge in [-0.3, -0.25) is 19.7 Å². The zero-order valence-electron chi connectivity index (χ0n) is 33.0. The second-order valence-electron chi connectivity index (χ2n) is 13.0. The summed E-state index contributed by atoms with van der Waals surface area (Å²) < 4.78 is 49.0. The SMILES string of the molecule is COCCOCOc1ccc(C(N)=O)cc1-c1cc(C(CC(=O)OC)C(=O)OC)cc(C#Cc2cc(C#N)ccc2NC(=O)OC(C)(C)C)c1OCOCCOC. The molecule has 0 aliphatic carbocycles. The molecule has 1 atom stereocenters. The van der Waals surface area contributed by atoms with E-state index in [0.29, 0.717) is 6.61 Å². The molecule has 304 valence electrons. The van der Waals surface area contributed by atoms with Crippen molar-refractivity contribution in [1.29, 1.82) is 5.26 Å². The lowest BCUT2D eigenvalue weighted by Crippen LogP contribution is -2.27. The predicted octanol–water partition coefficient (Wildman–Crippen LogP) is 4.89. The minimum Gasteiger partial charge on any atom is -0.469 e. The molecule has 0 aromatic heterocycles. The van der Waals surface area contributed by atoms with Crippen molar-refractivity contribution in [1.82, 2.24) is 0 Å². The third-order valence-corrected chi connectivity index (χ3v) is 7.72. The van der Waals surface area contributed by atoms with Crippen LogP contribution < -0.4 is 20.5 Å². The summed E-state index contributed by atoms with van der Waals surface area (Å²) in [7, 11) is 5.40. The van der Waals surface area contributed by atoms with Crippen molar-refractivity contribution in [2.45, 2.75) is 38.7 Å². The molecule has 3 aromatic carbocycles. The van der Waals surface area contributed by atoms with E-state index >= 15 is 0 Å². The summed E-state index contributed by atoms with van der Waals surface area (Å²) in [4.78, 5) is 51.2. The average Bonchev–Trinajstić information content (AvgIpc) is 3.18. The molecule has 16 nitrogen and oxygen atoms in total. The van der Waals surface area contributed by atoms with Gasteiger partial charge >= 0.3 is 18.0 Å². The Bertz CT molecular complexity index is 1990. The number of carbonyl (C=O) groups excluding carboxylic acids is 4. The number of amides is 2. The van der Waals surface area contributed by atoms with Crippen LogP contribution in [-0.2, 0) is 42.7 Å². The predicted molar refractivity (Wildman–Crippen MR) is 205 cm³/mol. The van der Waals surface area contributed by atoms with E-state index in [1.165, 1.54) is 70.9 Å². The number of rotatable bonds is 19. The van der Waals surface area contributed by atoms with Crippen molar-refractivity contribution in [2.24, 2.45) is 5.73 Å². The van der Waals surface area contributed by atoms with E-state index in [1.807, 2.05) is 0 Å². The highest BCUT2D eigenvalue weighted by Gasteiger charge is 2.29. The summed E-state index contributed by atoms with van der Waals surface area (Å²) in [6.07, 6.45) is -1.17. The number of nitriles is 1. The molecule has 1 unspecified atom stereocenters. The number of esters is 2. The monoisotopic (exact) mass is 789 g/mol. The van der Waals surface area contributed by atoms with Gasteiger partial charge in [0.15, 0.2) is 13.6 Å². The van der Waals surface area contributed by atoms with E-state index in [-0.39, 0.29) is 89.5 Å². The molecule has 3 aromatic rings. The third kappa shape index (κ3) is 14.1. The van der Waals surface area contributed by atoms with Crippen molar-refractivity contribution in [2.75, 3.05) is 73.8 Å². The average molecular weight is 790 g/mol. The Morgan fingerprint density at radius 3 is 2.05 bits per heavy atom. The normalized spacial score (nSPS) is 11.3. The number of primary amides is 1. The molecule has 3 rings (SSSR count). The van der Waals surface area contributed by atoms with Crippen molar-refractivity contribution < 1.29 is 61.8 Å². The maximum Gasteiger partial charge on any atom is 0.412 e. The quantitative estimate of drug-likeness (QED) is 0.0544. The summed E-state index contributed by atoms with van der Waals surface area (Å²) in [6.45, 7) is 5.57. The number of anilines is 1. The molecule has 0 saturated heterocycles. The first-order valence-corrected chi connectivity index (χ1v) is 17.5. The van der Waals surface area contributed by atoms with Crippen LogP contribution >= 0.6 is 0 Å². The van der Waals surface area contributed by atoms with E-state index in [0.717, 1.165) is 0 Å². The molecule has 0 fully saturated rings. The molecule has 0 aliphatic heterocycles. The number of methoxy groups -OCH3 is 4. The van der Waals surface area contributed by atoms with Gasteiger partial charge < -0.3 is 48.4 Å². The first-order valence-electron chi connectivity index (χ1n) is 17.5. The van der Waals surface area contributed by atoms with Gasteiger partial charge in [-0.15, -0.1) is 0 Å². The number of nitrogens with one attached hydrogen (secondary N) is 1. The van der Waals surface area contributed by atoms with Crippen molar-refractivity contribution in [3.63, 3.8) is 0 Å². The second-order valence-corrected chi connectivity index (χ2v) is 13.0. The van der Waals surface area contributed by atoms with Crippen LogP contribution in [0, 0.1) is 23.2 Å². The van der Waals surface area contributed by atoms with Gasteiger partial charge in [-0.1, -0.05) is 11.8 Å². The Hall–Kier alpha value is -6.17. The lowest BCUT2D eigenvalue weighted by atomic mass is 9.89. The first kappa shape index (κ1) is 45.2. The van der Waals surface area contributed by atoms with E-state index < -0.39 is 41.9 Å². The van der Waals surface area contributed by atoms with Crippen LogP contribution in [0.1, 0.15) is 65.7 Å². The molecule has 0 radical (unpaired) electrons. The zero-order chi connectivity index (χ0) is 42.0. The molecule has 2 amide bonds. The standard InChI is InChI=1S/C41H47N3O13/c1-41(2,3)57-40(48)44-34-12-8-26(23-42)18-27(34)9-10-28-19-30(31(39(47)52-7)22-36(45)51-6)21-33(37(28)56-25-54-17-15-50-5)32-20-29(38(43)46)11-13-35(32)55-24-53-16-14-49-4/h8,11-13,18-21,31H,14-17,22,24-25H2,1-7H3,(H2,43,46)(H,44,48). The van der Waals surface area contributed by atoms with Gasteiger partial charge in [-0.05, 0) is 74.9 Å². The molecule has 3 N–H and O–H groups in total. The van der Waals surface area contributed by atoms with Crippen LogP contribution in [0.25, 0.3) is 11.1 Å². The van der Waals surface area contributed by atoms with Crippen molar-refractivity contribution >= 4 is 29.6 Å². The Balaban J connectivity index is 2.43. The van der Waals surface area contributed by atoms with E-state index in [2.05, 4.69) is 23.2 Å². The number of nitrogens with zero attached hydrogens (tertiary/aromatic N) is 1. The highest BCUT2D eigenvalue weighted by atomic mass is 16.7. The lowest BCUT2D eigenvalue weighted by molar-refractivity contribution is -0.149. The fraction of sp³-hybridized carbons (Fsp3) is 0.390. The number of carbonyl (C=O) groups is 4. The molecule has 0 heterocycles. The smallest absolute Gasteiger partial charge is 0.412 e.